The molecule has 0 amide bonds. The second-order valence-electron chi connectivity index (χ2n) is 5.78. The van der Waals surface area contributed by atoms with Gasteiger partial charge in [-0.2, -0.15) is 0 Å². The third-order valence-electron chi connectivity index (χ3n) is 4.46. The lowest BCUT2D eigenvalue weighted by molar-refractivity contribution is 0.119. The van der Waals surface area contributed by atoms with Gasteiger partial charge in [0, 0.05) is 54.7 Å². The molecular formula is C15H38N2O6Si2. The summed E-state index contributed by atoms with van der Waals surface area (Å²) in [5, 5.41) is 0. The Morgan fingerprint density at radius 3 is 1.20 bits per heavy atom. The molecule has 2 N–H and O–H groups in total. The van der Waals surface area contributed by atoms with Crippen LogP contribution in [-0.4, -0.2) is 91.3 Å². The van der Waals surface area contributed by atoms with Gasteiger partial charge in [-0.05, 0) is 45.4 Å². The maximum Gasteiger partial charge on any atom is 0.500 e. The van der Waals surface area contributed by atoms with Gasteiger partial charge in [0.15, 0.2) is 0 Å². The molecule has 10 heteroatoms. The highest BCUT2D eigenvalue weighted by Crippen LogP contribution is 2.17. The van der Waals surface area contributed by atoms with E-state index in [4.69, 9.17) is 32.3 Å². The molecule has 0 unspecified atom stereocenters. The first-order chi connectivity index (χ1) is 12.0. The molecule has 8 nitrogen and oxygen atoms in total. The quantitative estimate of drug-likeness (QED) is 0.366. The smallest absolute Gasteiger partial charge is 0.377 e. The van der Waals surface area contributed by atoms with Gasteiger partial charge in [0.05, 0.1) is 0 Å². The van der Waals surface area contributed by atoms with Crippen molar-refractivity contribution < 1.29 is 26.6 Å². The molecule has 25 heavy (non-hydrogen) atoms. The minimum atomic E-state index is -2.50. The zero-order valence-corrected chi connectivity index (χ0v) is 18.8. The molecule has 0 spiro atoms. The van der Waals surface area contributed by atoms with E-state index in [1.165, 1.54) is 0 Å². The van der Waals surface area contributed by atoms with Gasteiger partial charge in [-0.15, -0.1) is 0 Å². The van der Waals surface area contributed by atoms with Crippen molar-refractivity contribution in [3.63, 3.8) is 0 Å². The van der Waals surface area contributed by atoms with Crippen LogP contribution in [0, 0.1) is 0 Å². The minimum Gasteiger partial charge on any atom is -0.377 e. The van der Waals surface area contributed by atoms with E-state index in [1.54, 1.807) is 42.7 Å². The summed E-state index contributed by atoms with van der Waals surface area (Å²) in [4.78, 5) is 2.41. The lowest BCUT2D eigenvalue weighted by Gasteiger charge is -2.28. The average molecular weight is 399 g/mol. The fourth-order valence-corrected chi connectivity index (χ4v) is 6.21. The number of nitrogens with two attached hydrogens (primary N) is 1. The highest BCUT2D eigenvalue weighted by Gasteiger charge is 2.38. The Bertz CT molecular complexity index is 278. The summed E-state index contributed by atoms with van der Waals surface area (Å²) in [7, 11) is 4.90. The van der Waals surface area contributed by atoms with Crippen LogP contribution in [-0.2, 0) is 26.6 Å². The average Bonchev–Trinajstić information content (AvgIpc) is 2.67. The van der Waals surface area contributed by atoms with Crippen molar-refractivity contribution in [2.24, 2.45) is 5.73 Å². The van der Waals surface area contributed by atoms with Crippen LogP contribution in [0.5, 0.6) is 0 Å². The van der Waals surface area contributed by atoms with Crippen molar-refractivity contribution in [1.82, 2.24) is 4.90 Å². The van der Waals surface area contributed by atoms with E-state index in [9.17, 15) is 0 Å². The van der Waals surface area contributed by atoms with E-state index in [0.717, 1.165) is 51.0 Å². The van der Waals surface area contributed by atoms with E-state index >= 15 is 0 Å². The second kappa shape index (κ2) is 14.2. The van der Waals surface area contributed by atoms with Crippen LogP contribution in [0.1, 0.15) is 19.3 Å². The summed E-state index contributed by atoms with van der Waals surface area (Å²) in [6, 6.07) is 1.59. The summed E-state index contributed by atoms with van der Waals surface area (Å²) in [6.07, 6.45) is 2.88. The molecule has 0 saturated heterocycles. The van der Waals surface area contributed by atoms with E-state index in [-0.39, 0.29) is 0 Å². The van der Waals surface area contributed by atoms with Crippen LogP contribution in [0.3, 0.4) is 0 Å². The molecule has 0 fully saturated rings. The molecule has 0 atom stereocenters. The Labute approximate surface area is 155 Å². The molecule has 0 bridgehead atoms. The molecule has 0 aromatic rings. The second-order valence-corrected chi connectivity index (χ2v) is 12.0. The largest absolute Gasteiger partial charge is 0.500 e. The Morgan fingerprint density at radius 2 is 0.920 bits per heavy atom. The third-order valence-corrected chi connectivity index (χ3v) is 10.1. The zero-order valence-electron chi connectivity index (χ0n) is 16.8. The number of hydrogen-bond acceptors (Lipinski definition) is 8. The van der Waals surface area contributed by atoms with Crippen molar-refractivity contribution in [2.45, 2.75) is 31.4 Å². The summed E-state index contributed by atoms with van der Waals surface area (Å²) in [6.45, 7) is 3.56. The highest BCUT2D eigenvalue weighted by atomic mass is 28.4. The monoisotopic (exact) mass is 398 g/mol. The fraction of sp³-hybridized carbons (Fsp3) is 1.00. The molecule has 0 aromatic heterocycles. The van der Waals surface area contributed by atoms with Crippen molar-refractivity contribution in [3.8, 4) is 0 Å². The highest BCUT2D eigenvalue weighted by molar-refractivity contribution is 6.60. The molecule has 0 aliphatic rings. The van der Waals surface area contributed by atoms with Crippen LogP contribution in [0.4, 0.5) is 0 Å². The zero-order chi connectivity index (χ0) is 19.2. The third kappa shape index (κ3) is 9.04. The Morgan fingerprint density at radius 1 is 0.600 bits per heavy atom. The molecule has 0 rings (SSSR count). The normalized spacial score (nSPS) is 13.0. The van der Waals surface area contributed by atoms with Crippen molar-refractivity contribution in [3.05, 3.63) is 0 Å². The SMILES string of the molecule is CO[Si](CCCN(CCCN)CCC[Si](OC)(OC)OC)(OC)OC. The fourth-order valence-electron chi connectivity index (χ4n) is 2.80. The maximum absolute atomic E-state index is 5.67. The molecule has 0 radical (unpaired) electrons. The first-order valence-corrected chi connectivity index (χ1v) is 12.6. The van der Waals surface area contributed by atoms with Gasteiger partial charge in [-0.1, -0.05) is 0 Å². The minimum absolute atomic E-state index is 0.691. The van der Waals surface area contributed by atoms with Gasteiger partial charge >= 0.3 is 17.6 Å². The van der Waals surface area contributed by atoms with Gasteiger partial charge in [-0.25, -0.2) is 0 Å². The van der Waals surface area contributed by atoms with E-state index in [0.29, 0.717) is 6.54 Å². The first-order valence-electron chi connectivity index (χ1n) is 8.74. The lowest BCUT2D eigenvalue weighted by atomic mass is 10.3. The summed E-state index contributed by atoms with van der Waals surface area (Å²) in [5.74, 6) is 0. The molecule has 152 valence electrons. The van der Waals surface area contributed by atoms with Crippen LogP contribution >= 0.6 is 0 Å². The Balaban J connectivity index is 4.45. The van der Waals surface area contributed by atoms with Gasteiger partial charge in [-0.3, -0.25) is 0 Å². The summed E-state index contributed by atoms with van der Waals surface area (Å²) in [5.41, 5.74) is 5.67. The topological polar surface area (TPSA) is 84.6 Å². The summed E-state index contributed by atoms with van der Waals surface area (Å²) < 4.78 is 32.9. The maximum atomic E-state index is 5.67. The Kier molecular flexibility index (Phi) is 14.3. The van der Waals surface area contributed by atoms with Gasteiger partial charge < -0.3 is 37.2 Å². The molecule has 0 aromatic carbocycles. The molecule has 0 aliphatic carbocycles. The van der Waals surface area contributed by atoms with E-state index in [2.05, 4.69) is 4.90 Å². The first kappa shape index (κ1) is 25.1. The number of hydrogen-bond donors (Lipinski definition) is 1. The van der Waals surface area contributed by atoms with Crippen LogP contribution in [0.2, 0.25) is 12.1 Å². The van der Waals surface area contributed by atoms with E-state index in [1.807, 2.05) is 0 Å². The van der Waals surface area contributed by atoms with E-state index < -0.39 is 17.6 Å². The lowest BCUT2D eigenvalue weighted by Crippen LogP contribution is -2.44. The summed E-state index contributed by atoms with van der Waals surface area (Å²) >= 11 is 0. The Hall–Kier alpha value is 0.114. The molecule has 0 aliphatic heterocycles. The van der Waals surface area contributed by atoms with Crippen molar-refractivity contribution >= 4 is 17.6 Å². The molecular weight excluding hydrogens is 360 g/mol. The van der Waals surface area contributed by atoms with Gasteiger partial charge in [0.25, 0.3) is 0 Å². The van der Waals surface area contributed by atoms with Gasteiger partial charge in [0.1, 0.15) is 0 Å². The predicted octanol–water partition coefficient (Wildman–Crippen LogP) is 1.17. The standard InChI is InChI=1S/C15H38N2O6Si2/c1-18-24(19-2,20-3)14-8-12-17(11-7-10-16)13-9-15-25(21-4,22-5)23-6/h7-16H2,1-6H3. The number of nitrogens with zero attached hydrogens (tertiary/aromatic N) is 1. The van der Waals surface area contributed by atoms with Crippen molar-refractivity contribution in [2.75, 3.05) is 68.8 Å². The number of rotatable bonds is 17. The molecule has 0 heterocycles. The van der Waals surface area contributed by atoms with Crippen LogP contribution < -0.4 is 5.73 Å². The van der Waals surface area contributed by atoms with Crippen LogP contribution in [0.25, 0.3) is 0 Å². The predicted molar refractivity (Wildman–Crippen MR) is 103 cm³/mol. The van der Waals surface area contributed by atoms with Gasteiger partial charge in [0.2, 0.25) is 0 Å². The molecule has 0 saturated carbocycles. The van der Waals surface area contributed by atoms with Crippen molar-refractivity contribution in [1.29, 1.82) is 0 Å². The van der Waals surface area contributed by atoms with Crippen LogP contribution in [0.15, 0.2) is 0 Å².